The molecule has 1 aliphatic rings. The second-order valence-electron chi connectivity index (χ2n) is 2.48. The van der Waals surface area contributed by atoms with Gasteiger partial charge in [0.15, 0.2) is 0 Å². The maximum atomic E-state index is 11.1. The summed E-state index contributed by atoms with van der Waals surface area (Å²) in [5.74, 6) is 1.10. The molecule has 58 valence electrons. The molecule has 1 aromatic rings. The molecule has 0 aliphatic carbocycles. The third kappa shape index (κ3) is 0.806. The average Bonchev–Trinajstić information content (AvgIpc) is 2.35. The van der Waals surface area contributed by atoms with Gasteiger partial charge in [0, 0.05) is 13.1 Å². The highest BCUT2D eigenvalue weighted by atomic mass is 16.2. The Morgan fingerprint density at radius 1 is 1.55 bits per heavy atom. The lowest BCUT2D eigenvalue weighted by Crippen LogP contribution is -2.35. The number of aryl methyl sites for hydroxylation is 1. The minimum absolute atomic E-state index is 0.128. The first-order chi connectivity index (χ1) is 5.29. The fourth-order valence-electron chi connectivity index (χ4n) is 1.18. The van der Waals surface area contributed by atoms with Crippen LogP contribution < -0.4 is 5.32 Å². The van der Waals surface area contributed by atoms with Crippen molar-refractivity contribution in [2.75, 3.05) is 6.54 Å². The predicted octanol–water partition coefficient (Wildman–Crippen LogP) is -0.670. The predicted molar refractivity (Wildman–Crippen MR) is 37.1 cm³/mol. The Bertz CT molecular complexity index is 304. The summed E-state index contributed by atoms with van der Waals surface area (Å²) >= 11 is 0. The van der Waals surface area contributed by atoms with Gasteiger partial charge in [0.2, 0.25) is 5.82 Å². The quantitative estimate of drug-likeness (QED) is 0.536. The number of amides is 1. The molecule has 0 fully saturated rings. The minimum atomic E-state index is -0.128. The summed E-state index contributed by atoms with van der Waals surface area (Å²) in [7, 11) is 0. The van der Waals surface area contributed by atoms with Gasteiger partial charge in [-0.25, -0.2) is 0 Å². The van der Waals surface area contributed by atoms with Crippen molar-refractivity contribution < 1.29 is 4.79 Å². The molecule has 0 spiro atoms. The molecular weight excluding hydrogens is 144 g/mol. The van der Waals surface area contributed by atoms with Crippen LogP contribution in [-0.2, 0) is 6.54 Å². The van der Waals surface area contributed by atoms with Crippen molar-refractivity contribution in [1.29, 1.82) is 0 Å². The standard InChI is InChI=1S/C6H8N4O/c1-4-8-9-5-6(11)7-2-3-10(4)5/h2-3H2,1H3,(H,7,11). The van der Waals surface area contributed by atoms with Crippen LogP contribution >= 0.6 is 0 Å². The molecule has 0 radical (unpaired) electrons. The summed E-state index contributed by atoms with van der Waals surface area (Å²) in [5.41, 5.74) is 0. The van der Waals surface area contributed by atoms with Gasteiger partial charge in [0.25, 0.3) is 5.91 Å². The van der Waals surface area contributed by atoms with Gasteiger partial charge in [-0.05, 0) is 6.92 Å². The third-order valence-electron chi connectivity index (χ3n) is 1.76. The maximum Gasteiger partial charge on any atom is 0.289 e. The Morgan fingerprint density at radius 2 is 2.36 bits per heavy atom. The molecule has 11 heavy (non-hydrogen) atoms. The number of carbonyl (C=O) groups is 1. The minimum Gasteiger partial charge on any atom is -0.348 e. The van der Waals surface area contributed by atoms with Crippen molar-refractivity contribution in [2.24, 2.45) is 0 Å². The van der Waals surface area contributed by atoms with E-state index in [1.807, 2.05) is 11.5 Å². The van der Waals surface area contributed by atoms with E-state index in [1.54, 1.807) is 0 Å². The SMILES string of the molecule is Cc1nnc2n1CCNC2=O. The number of hydrogen-bond acceptors (Lipinski definition) is 3. The average molecular weight is 152 g/mol. The van der Waals surface area contributed by atoms with Crippen LogP contribution in [0.25, 0.3) is 0 Å². The van der Waals surface area contributed by atoms with Gasteiger partial charge < -0.3 is 9.88 Å². The molecule has 0 aromatic carbocycles. The fourth-order valence-corrected chi connectivity index (χ4v) is 1.18. The van der Waals surface area contributed by atoms with Crippen molar-refractivity contribution in [1.82, 2.24) is 20.1 Å². The van der Waals surface area contributed by atoms with E-state index in [1.165, 1.54) is 0 Å². The van der Waals surface area contributed by atoms with E-state index < -0.39 is 0 Å². The van der Waals surface area contributed by atoms with Crippen molar-refractivity contribution in [3.05, 3.63) is 11.6 Å². The van der Waals surface area contributed by atoms with Crippen LogP contribution in [0.2, 0.25) is 0 Å². The Hall–Kier alpha value is -1.39. The lowest BCUT2D eigenvalue weighted by Gasteiger charge is -2.13. The molecule has 1 aliphatic heterocycles. The summed E-state index contributed by atoms with van der Waals surface area (Å²) in [6.07, 6.45) is 0. The number of nitrogens with zero attached hydrogens (tertiary/aromatic N) is 3. The molecule has 2 rings (SSSR count). The molecule has 1 amide bonds. The largest absolute Gasteiger partial charge is 0.348 e. The molecule has 5 heteroatoms. The smallest absolute Gasteiger partial charge is 0.289 e. The van der Waals surface area contributed by atoms with E-state index in [9.17, 15) is 4.79 Å². The summed E-state index contributed by atoms with van der Waals surface area (Å²) in [4.78, 5) is 11.1. The zero-order valence-electron chi connectivity index (χ0n) is 6.16. The van der Waals surface area contributed by atoms with E-state index in [0.29, 0.717) is 12.4 Å². The van der Waals surface area contributed by atoms with Gasteiger partial charge in [-0.15, -0.1) is 10.2 Å². The van der Waals surface area contributed by atoms with E-state index in [0.717, 1.165) is 12.4 Å². The van der Waals surface area contributed by atoms with Gasteiger partial charge in [-0.2, -0.15) is 0 Å². The molecule has 0 unspecified atom stereocenters. The zero-order chi connectivity index (χ0) is 7.84. The number of hydrogen-bond donors (Lipinski definition) is 1. The fraction of sp³-hybridized carbons (Fsp3) is 0.500. The van der Waals surface area contributed by atoms with Crippen LogP contribution in [0.15, 0.2) is 0 Å². The maximum absolute atomic E-state index is 11.1. The first-order valence-corrected chi connectivity index (χ1v) is 3.47. The zero-order valence-corrected chi connectivity index (χ0v) is 6.16. The Kier molecular flexibility index (Phi) is 1.18. The second kappa shape index (κ2) is 2.05. The van der Waals surface area contributed by atoms with Crippen molar-refractivity contribution >= 4 is 5.91 Å². The first-order valence-electron chi connectivity index (χ1n) is 3.47. The molecule has 5 nitrogen and oxygen atoms in total. The highest BCUT2D eigenvalue weighted by Crippen LogP contribution is 2.03. The number of rotatable bonds is 0. The van der Waals surface area contributed by atoms with Crippen molar-refractivity contribution in [3.63, 3.8) is 0 Å². The molecule has 0 saturated heterocycles. The number of carbonyl (C=O) groups excluding carboxylic acids is 1. The summed E-state index contributed by atoms with van der Waals surface area (Å²) in [5, 5.41) is 10.2. The Balaban J connectivity index is 2.55. The molecule has 0 saturated carbocycles. The van der Waals surface area contributed by atoms with Crippen LogP contribution in [0.1, 0.15) is 16.4 Å². The van der Waals surface area contributed by atoms with E-state index in [4.69, 9.17) is 0 Å². The van der Waals surface area contributed by atoms with Crippen LogP contribution in [0.4, 0.5) is 0 Å². The molecule has 0 atom stereocenters. The number of nitrogens with one attached hydrogen (secondary N) is 1. The molecule has 0 bridgehead atoms. The third-order valence-corrected chi connectivity index (χ3v) is 1.76. The topological polar surface area (TPSA) is 59.8 Å². The highest BCUT2D eigenvalue weighted by Gasteiger charge is 2.19. The molecule has 1 aromatic heterocycles. The highest BCUT2D eigenvalue weighted by molar-refractivity contribution is 5.91. The lowest BCUT2D eigenvalue weighted by atomic mass is 10.4. The van der Waals surface area contributed by atoms with Gasteiger partial charge >= 0.3 is 0 Å². The van der Waals surface area contributed by atoms with Crippen LogP contribution in [0.5, 0.6) is 0 Å². The van der Waals surface area contributed by atoms with Gasteiger partial charge in [0.05, 0.1) is 0 Å². The Labute approximate surface area is 63.4 Å². The van der Waals surface area contributed by atoms with Gasteiger partial charge in [-0.1, -0.05) is 0 Å². The summed E-state index contributed by atoms with van der Waals surface area (Å²) < 4.78 is 1.82. The molecule has 2 heterocycles. The van der Waals surface area contributed by atoms with Crippen LogP contribution in [-0.4, -0.2) is 27.2 Å². The number of fused-ring (bicyclic) bond motifs is 1. The first kappa shape index (κ1) is 6.33. The molecular formula is C6H8N4O. The monoisotopic (exact) mass is 152 g/mol. The van der Waals surface area contributed by atoms with Crippen molar-refractivity contribution in [2.45, 2.75) is 13.5 Å². The van der Waals surface area contributed by atoms with Crippen molar-refractivity contribution in [3.8, 4) is 0 Å². The number of aromatic nitrogens is 3. The van der Waals surface area contributed by atoms with Crippen LogP contribution in [0, 0.1) is 6.92 Å². The van der Waals surface area contributed by atoms with Gasteiger partial charge in [-0.3, -0.25) is 4.79 Å². The summed E-state index contributed by atoms with van der Waals surface area (Å²) in [6, 6.07) is 0. The molecule has 1 N–H and O–H groups in total. The normalized spacial score (nSPS) is 15.9. The van der Waals surface area contributed by atoms with Gasteiger partial charge in [0.1, 0.15) is 5.82 Å². The Morgan fingerprint density at radius 3 is 3.09 bits per heavy atom. The van der Waals surface area contributed by atoms with E-state index in [2.05, 4.69) is 15.5 Å². The summed E-state index contributed by atoms with van der Waals surface area (Å²) in [6.45, 7) is 3.29. The van der Waals surface area contributed by atoms with Crippen LogP contribution in [0.3, 0.4) is 0 Å². The van der Waals surface area contributed by atoms with E-state index in [-0.39, 0.29) is 5.91 Å². The lowest BCUT2D eigenvalue weighted by molar-refractivity contribution is 0.0921. The second-order valence-corrected chi connectivity index (χ2v) is 2.48. The van der Waals surface area contributed by atoms with E-state index >= 15 is 0 Å².